The van der Waals surface area contributed by atoms with Crippen LogP contribution >= 0.6 is 0 Å². The van der Waals surface area contributed by atoms with Crippen molar-refractivity contribution in [2.24, 2.45) is 0 Å². The van der Waals surface area contributed by atoms with Crippen molar-refractivity contribution < 1.29 is 5.48 Å². The van der Waals surface area contributed by atoms with E-state index in [2.05, 4.69) is 252 Å². The van der Waals surface area contributed by atoms with Gasteiger partial charge in [0.2, 0.25) is 0 Å². The van der Waals surface area contributed by atoms with Crippen molar-refractivity contribution in [1.82, 2.24) is 4.57 Å². The summed E-state index contributed by atoms with van der Waals surface area (Å²) in [5, 5.41) is 4.45. The monoisotopic (exact) mass is 940 g/mol. The predicted molar refractivity (Wildman–Crippen MR) is 306 cm³/mol. The first-order valence-electron chi connectivity index (χ1n) is 27.6. The molecule has 13 aromatic rings. The highest BCUT2D eigenvalue weighted by atomic mass is 15.1. The van der Waals surface area contributed by atoms with Gasteiger partial charge in [0.05, 0.1) is 33.0 Å². The maximum Gasteiger partial charge on any atom is 0.0726 e. The summed E-state index contributed by atoms with van der Waals surface area (Å²) in [6.45, 7) is 0. The molecule has 0 saturated heterocycles. The molecule has 0 fully saturated rings. The number of para-hydroxylation sites is 2. The third-order valence-corrected chi connectivity index (χ3v) is 17.1. The third-order valence-electron chi connectivity index (χ3n) is 17.1. The Hall–Kier alpha value is -9.50. The minimum Gasteiger partial charge on any atom is -0.310 e. The largest absolute Gasteiger partial charge is 0.310 e. The number of fused-ring (bicyclic) bond motifs is 22. The predicted octanol–water partition coefficient (Wildman–Crippen LogP) is 18.1. The summed E-state index contributed by atoms with van der Waals surface area (Å²) < 4.78 is 41.6. The Morgan fingerprint density at radius 2 is 0.851 bits per heavy atom. The zero-order valence-electron chi connectivity index (χ0n) is 44.0. The third kappa shape index (κ3) is 4.86. The fourth-order valence-corrected chi connectivity index (χ4v) is 14.4. The van der Waals surface area contributed by atoms with E-state index in [0.717, 1.165) is 88.7 Å². The number of hydrogen-bond donors (Lipinski definition) is 0. The number of anilines is 3. The van der Waals surface area contributed by atoms with Gasteiger partial charge < -0.3 is 9.47 Å². The van der Waals surface area contributed by atoms with Crippen molar-refractivity contribution in [3.8, 4) is 50.2 Å². The first kappa shape index (κ1) is 36.4. The van der Waals surface area contributed by atoms with Gasteiger partial charge in [-0.1, -0.05) is 218 Å². The highest BCUT2D eigenvalue weighted by Crippen LogP contribution is 2.66. The second kappa shape index (κ2) is 14.6. The Bertz CT molecular complexity index is 4750. The number of nitrogens with zero attached hydrogens (tertiary/aromatic N) is 2. The number of rotatable bonds is 4. The van der Waals surface area contributed by atoms with Crippen molar-refractivity contribution in [2.45, 2.75) is 10.8 Å². The average molecular weight is 941 g/mol. The molecule has 2 spiro atoms. The van der Waals surface area contributed by atoms with Crippen molar-refractivity contribution >= 4 is 49.6 Å². The van der Waals surface area contributed by atoms with Gasteiger partial charge in [-0.05, 0) is 143 Å². The van der Waals surface area contributed by atoms with Gasteiger partial charge in [-0.2, -0.15) is 0 Å². The van der Waals surface area contributed by atoms with E-state index in [1.165, 1.54) is 44.5 Å². The smallest absolute Gasteiger partial charge is 0.0726 e. The van der Waals surface area contributed by atoms with Crippen LogP contribution in [0.4, 0.5) is 17.1 Å². The molecular formula is C72H44N2. The molecule has 0 amide bonds. The lowest BCUT2D eigenvalue weighted by molar-refractivity contribution is 0.773. The van der Waals surface area contributed by atoms with Crippen LogP contribution in [0.25, 0.3) is 82.8 Å². The molecule has 1 unspecified atom stereocenters. The molecule has 342 valence electrons. The number of benzene rings is 12. The van der Waals surface area contributed by atoms with Crippen molar-refractivity contribution in [3.63, 3.8) is 0 Å². The molecular weight excluding hydrogens is 893 g/mol. The molecule has 0 radical (unpaired) electrons. The van der Waals surface area contributed by atoms with Crippen molar-refractivity contribution in [2.75, 3.05) is 4.90 Å². The molecule has 4 aliphatic rings. The standard InChI is InChI=1S/C72H44N2/c1-2-21-46(22-3-1)74-66-37-15-9-27-54(66)55-42-40-48(44-68(55)74)73(47-39-41-53-51-25-6-12-32-60(51)71(65(53)43-47)58-30-10-4-23-49(58)50-24-5-11-31-59(50)71)67-38-18-36-64-70(67)57-28-8-14-34-62(57)72(64)61-33-13-7-26-52(61)56-29-16-19-45-20-17-35-63(72)69(45)56/h1-44H/i8D,14D,28D,34D. The van der Waals surface area contributed by atoms with E-state index in [1.54, 1.807) is 0 Å². The summed E-state index contributed by atoms with van der Waals surface area (Å²) in [5.41, 5.74) is 20.9. The van der Waals surface area contributed by atoms with Gasteiger partial charge in [-0.15, -0.1) is 0 Å². The fraction of sp³-hybridized carbons (Fsp3) is 0.0278. The maximum atomic E-state index is 10.2. The van der Waals surface area contributed by atoms with Crippen LogP contribution in [0.2, 0.25) is 0 Å². The number of hydrogen-bond acceptors (Lipinski definition) is 1. The Labute approximate surface area is 434 Å². The van der Waals surface area contributed by atoms with Gasteiger partial charge in [-0.3, -0.25) is 0 Å². The van der Waals surface area contributed by atoms with Crippen molar-refractivity contribution in [3.05, 3.63) is 311 Å². The molecule has 1 heterocycles. The molecule has 4 aliphatic carbocycles. The second-order valence-electron chi connectivity index (χ2n) is 20.3. The van der Waals surface area contributed by atoms with Gasteiger partial charge in [0, 0.05) is 33.4 Å². The molecule has 0 N–H and O–H groups in total. The fourth-order valence-electron chi connectivity index (χ4n) is 14.4. The Kier molecular flexibility index (Phi) is 7.17. The average Bonchev–Trinajstić information content (AvgIpc) is 2.70. The lowest BCUT2D eigenvalue weighted by Gasteiger charge is -2.40. The quantitative estimate of drug-likeness (QED) is 0.171. The molecule has 0 bridgehead atoms. The molecule has 1 aromatic heterocycles. The van der Waals surface area contributed by atoms with Crippen LogP contribution < -0.4 is 4.90 Å². The van der Waals surface area contributed by atoms with E-state index in [-0.39, 0.29) is 24.2 Å². The van der Waals surface area contributed by atoms with Gasteiger partial charge in [0.15, 0.2) is 0 Å². The first-order valence-corrected chi connectivity index (χ1v) is 25.6. The van der Waals surface area contributed by atoms with Crippen molar-refractivity contribution in [1.29, 1.82) is 0 Å². The van der Waals surface area contributed by atoms with Gasteiger partial charge in [0.25, 0.3) is 0 Å². The molecule has 17 rings (SSSR count). The van der Waals surface area contributed by atoms with Crippen LogP contribution in [-0.2, 0) is 10.8 Å². The highest BCUT2D eigenvalue weighted by Gasteiger charge is 2.53. The summed E-state index contributed by atoms with van der Waals surface area (Å²) in [5.74, 6) is 0. The normalized spacial score (nSPS) is 16.2. The summed E-state index contributed by atoms with van der Waals surface area (Å²) in [4.78, 5) is 2.38. The van der Waals surface area contributed by atoms with E-state index in [9.17, 15) is 5.48 Å². The summed E-state index contributed by atoms with van der Waals surface area (Å²) in [7, 11) is 0. The zero-order valence-corrected chi connectivity index (χ0v) is 40.0. The Morgan fingerprint density at radius 3 is 1.58 bits per heavy atom. The molecule has 0 saturated carbocycles. The van der Waals surface area contributed by atoms with E-state index in [0.29, 0.717) is 11.1 Å². The Morgan fingerprint density at radius 1 is 0.338 bits per heavy atom. The summed E-state index contributed by atoms with van der Waals surface area (Å²) >= 11 is 0. The Balaban J connectivity index is 1.02. The van der Waals surface area contributed by atoms with Crippen LogP contribution in [0.5, 0.6) is 0 Å². The highest BCUT2D eigenvalue weighted by molar-refractivity contribution is 6.12. The molecule has 2 nitrogen and oxygen atoms in total. The minimum absolute atomic E-state index is 0.0320. The van der Waals surface area contributed by atoms with E-state index in [1.807, 2.05) is 0 Å². The molecule has 0 aliphatic heterocycles. The van der Waals surface area contributed by atoms with Crippen LogP contribution in [0, 0.1) is 0 Å². The SMILES string of the molecule is [2H]c1c([2H])c([2H])c2c(c1[2H])-c1c(N(c3ccc4c(c3)C3(c5ccccc5-c5ccccc53)c3ccccc3-4)c3ccc4c5ccccc5n(-c5ccccc5)c4c3)cccc1C21c2ccccc2-c2cccc3cccc1c23. The van der Waals surface area contributed by atoms with Gasteiger partial charge in [-0.25, -0.2) is 0 Å². The topological polar surface area (TPSA) is 8.17 Å². The van der Waals surface area contributed by atoms with E-state index < -0.39 is 10.8 Å². The molecule has 2 heteroatoms. The van der Waals surface area contributed by atoms with Crippen LogP contribution in [0.15, 0.2) is 267 Å². The van der Waals surface area contributed by atoms with Gasteiger partial charge in [0.1, 0.15) is 0 Å². The zero-order chi connectivity index (χ0) is 51.8. The van der Waals surface area contributed by atoms with Crippen LogP contribution in [-0.4, -0.2) is 4.57 Å². The first-order chi connectivity index (χ1) is 38.4. The number of aromatic nitrogens is 1. The summed E-state index contributed by atoms with van der Waals surface area (Å²) in [6.07, 6.45) is 0. The van der Waals surface area contributed by atoms with Crippen LogP contribution in [0.1, 0.15) is 50.0 Å². The van der Waals surface area contributed by atoms with Gasteiger partial charge >= 0.3 is 0 Å². The lowest BCUT2D eigenvalue weighted by Crippen LogP contribution is -2.31. The molecule has 74 heavy (non-hydrogen) atoms. The van der Waals surface area contributed by atoms with E-state index in [4.69, 9.17) is 0 Å². The minimum atomic E-state index is -1.11. The maximum absolute atomic E-state index is 10.2. The van der Waals surface area contributed by atoms with E-state index >= 15 is 0 Å². The summed E-state index contributed by atoms with van der Waals surface area (Å²) in [6, 6.07) is 87.1. The second-order valence-corrected chi connectivity index (χ2v) is 20.3. The molecule has 12 aromatic carbocycles. The van der Waals surface area contributed by atoms with Crippen LogP contribution in [0.3, 0.4) is 0 Å². The lowest BCUT2D eigenvalue weighted by atomic mass is 9.61. The molecule has 1 atom stereocenters.